The fourth-order valence-electron chi connectivity index (χ4n) is 1.23. The van der Waals surface area contributed by atoms with Gasteiger partial charge in [-0.2, -0.15) is 5.26 Å². The van der Waals surface area contributed by atoms with Gasteiger partial charge in [0.1, 0.15) is 23.5 Å². The number of hydrogen-bond donors (Lipinski definition) is 1. The van der Waals surface area contributed by atoms with Crippen LogP contribution in [0, 0.1) is 23.0 Å². The topological polar surface area (TPSA) is 52.5 Å². The Bertz CT molecular complexity index is 520. The van der Waals surface area contributed by atoms with E-state index in [2.05, 4.69) is 9.97 Å². The molecular weight excluding hydrogens is 200 g/mol. The van der Waals surface area contributed by atoms with Gasteiger partial charge < -0.3 is 4.98 Å². The average Bonchev–Trinajstić information content (AvgIpc) is 2.66. The van der Waals surface area contributed by atoms with Crippen LogP contribution in [0.2, 0.25) is 0 Å². The van der Waals surface area contributed by atoms with Crippen LogP contribution in [0.4, 0.5) is 8.78 Å². The summed E-state index contributed by atoms with van der Waals surface area (Å²) in [4.78, 5) is 6.26. The summed E-state index contributed by atoms with van der Waals surface area (Å²) in [6.07, 6.45) is 1.29. The van der Waals surface area contributed by atoms with Crippen LogP contribution in [0.5, 0.6) is 0 Å². The summed E-state index contributed by atoms with van der Waals surface area (Å²) in [5.41, 5.74) is -0.161. The zero-order chi connectivity index (χ0) is 10.8. The Morgan fingerprint density at radius 1 is 1.27 bits per heavy atom. The molecule has 74 valence electrons. The molecule has 0 aliphatic carbocycles. The second kappa shape index (κ2) is 3.50. The number of nitriles is 1. The van der Waals surface area contributed by atoms with Crippen molar-refractivity contribution >= 4 is 0 Å². The molecular formula is C10H5F2N3. The zero-order valence-electron chi connectivity index (χ0n) is 7.46. The molecule has 0 aliphatic heterocycles. The molecule has 5 heteroatoms. The van der Waals surface area contributed by atoms with Crippen LogP contribution in [-0.4, -0.2) is 9.97 Å². The van der Waals surface area contributed by atoms with Crippen LogP contribution in [0.1, 0.15) is 5.69 Å². The van der Waals surface area contributed by atoms with Crippen LogP contribution in [0.3, 0.4) is 0 Å². The molecule has 1 N–H and O–H groups in total. The standard InChI is InChI=1S/C10H5F2N3/c11-7-2-1-3-8(12)9(7)10-14-5-6(4-13)15-10/h1-3,5H,(H,14,15). The maximum atomic E-state index is 13.3. The molecule has 1 aromatic carbocycles. The van der Waals surface area contributed by atoms with Crippen molar-refractivity contribution in [3.63, 3.8) is 0 Å². The van der Waals surface area contributed by atoms with Crippen molar-refractivity contribution in [3.05, 3.63) is 41.7 Å². The van der Waals surface area contributed by atoms with Crippen molar-refractivity contribution in [1.29, 1.82) is 5.26 Å². The van der Waals surface area contributed by atoms with E-state index in [4.69, 9.17) is 5.26 Å². The van der Waals surface area contributed by atoms with Crippen LogP contribution >= 0.6 is 0 Å². The van der Waals surface area contributed by atoms with Crippen molar-refractivity contribution < 1.29 is 8.78 Å². The number of aromatic nitrogens is 2. The van der Waals surface area contributed by atoms with Crippen molar-refractivity contribution in [1.82, 2.24) is 9.97 Å². The molecule has 0 aliphatic rings. The molecule has 0 fully saturated rings. The van der Waals surface area contributed by atoms with E-state index in [1.54, 1.807) is 6.07 Å². The van der Waals surface area contributed by atoms with E-state index in [0.717, 1.165) is 12.1 Å². The first-order chi connectivity index (χ1) is 7.22. The van der Waals surface area contributed by atoms with Gasteiger partial charge in [-0.05, 0) is 12.1 Å². The summed E-state index contributed by atoms with van der Waals surface area (Å²) in [5.74, 6) is -1.41. The Morgan fingerprint density at radius 3 is 2.47 bits per heavy atom. The number of hydrogen-bond acceptors (Lipinski definition) is 2. The smallest absolute Gasteiger partial charge is 0.158 e. The molecule has 1 heterocycles. The van der Waals surface area contributed by atoms with Crippen molar-refractivity contribution in [2.75, 3.05) is 0 Å². The summed E-state index contributed by atoms with van der Waals surface area (Å²) in [5, 5.41) is 8.52. The van der Waals surface area contributed by atoms with E-state index in [1.807, 2.05) is 0 Å². The van der Waals surface area contributed by atoms with Crippen LogP contribution in [-0.2, 0) is 0 Å². The summed E-state index contributed by atoms with van der Waals surface area (Å²) >= 11 is 0. The van der Waals surface area contributed by atoms with Gasteiger partial charge in [0.25, 0.3) is 0 Å². The number of halogens is 2. The molecule has 15 heavy (non-hydrogen) atoms. The number of aromatic amines is 1. The summed E-state index contributed by atoms with van der Waals surface area (Å²) < 4.78 is 26.5. The lowest BCUT2D eigenvalue weighted by Crippen LogP contribution is -1.91. The Kier molecular flexibility index (Phi) is 2.18. The number of rotatable bonds is 1. The van der Waals surface area contributed by atoms with Gasteiger partial charge in [0.2, 0.25) is 0 Å². The first kappa shape index (κ1) is 9.34. The second-order valence-corrected chi connectivity index (χ2v) is 2.84. The fourth-order valence-corrected chi connectivity index (χ4v) is 1.23. The Morgan fingerprint density at radius 2 is 1.93 bits per heavy atom. The lowest BCUT2D eigenvalue weighted by molar-refractivity contribution is 0.588. The molecule has 0 amide bonds. The van der Waals surface area contributed by atoms with Gasteiger partial charge in [-0.3, -0.25) is 0 Å². The molecule has 0 atom stereocenters. The molecule has 2 rings (SSSR count). The van der Waals surface area contributed by atoms with E-state index in [0.29, 0.717) is 0 Å². The number of imidazole rings is 1. The van der Waals surface area contributed by atoms with Gasteiger partial charge >= 0.3 is 0 Å². The van der Waals surface area contributed by atoms with Gasteiger partial charge in [0.05, 0.1) is 5.56 Å². The van der Waals surface area contributed by atoms with Crippen LogP contribution in [0.15, 0.2) is 24.4 Å². The highest BCUT2D eigenvalue weighted by Crippen LogP contribution is 2.22. The molecule has 0 saturated heterocycles. The largest absolute Gasteiger partial charge is 0.343 e. The van der Waals surface area contributed by atoms with Gasteiger partial charge in [-0.1, -0.05) is 6.07 Å². The summed E-state index contributed by atoms with van der Waals surface area (Å²) in [6, 6.07) is 5.30. The predicted octanol–water partition coefficient (Wildman–Crippen LogP) is 2.23. The Hall–Kier alpha value is -2.22. The third-order valence-corrected chi connectivity index (χ3v) is 1.89. The summed E-state index contributed by atoms with van der Waals surface area (Å²) in [7, 11) is 0. The van der Waals surface area contributed by atoms with E-state index >= 15 is 0 Å². The molecule has 2 aromatic rings. The number of nitrogens with zero attached hydrogens (tertiary/aromatic N) is 2. The number of H-pyrrole nitrogens is 1. The lowest BCUT2D eigenvalue weighted by atomic mass is 10.2. The maximum Gasteiger partial charge on any atom is 0.158 e. The fraction of sp³-hybridized carbons (Fsp3) is 0. The zero-order valence-corrected chi connectivity index (χ0v) is 7.46. The minimum Gasteiger partial charge on any atom is -0.343 e. The number of nitrogens with one attached hydrogen (secondary N) is 1. The van der Waals surface area contributed by atoms with Crippen molar-refractivity contribution in [2.24, 2.45) is 0 Å². The average molecular weight is 205 g/mol. The van der Waals surface area contributed by atoms with Gasteiger partial charge in [0.15, 0.2) is 5.69 Å². The molecule has 0 spiro atoms. The third kappa shape index (κ3) is 1.57. The molecule has 1 aromatic heterocycles. The minimum atomic E-state index is -0.714. The quantitative estimate of drug-likeness (QED) is 0.776. The van der Waals surface area contributed by atoms with E-state index < -0.39 is 11.6 Å². The highest BCUT2D eigenvalue weighted by Gasteiger charge is 2.13. The number of benzene rings is 1. The monoisotopic (exact) mass is 205 g/mol. The maximum absolute atomic E-state index is 13.3. The first-order valence-corrected chi connectivity index (χ1v) is 4.12. The van der Waals surface area contributed by atoms with Crippen molar-refractivity contribution in [2.45, 2.75) is 0 Å². The lowest BCUT2D eigenvalue weighted by Gasteiger charge is -1.99. The van der Waals surface area contributed by atoms with Crippen LogP contribution < -0.4 is 0 Å². The highest BCUT2D eigenvalue weighted by atomic mass is 19.1. The van der Waals surface area contributed by atoms with E-state index in [9.17, 15) is 8.78 Å². The Labute approximate surface area is 84.0 Å². The first-order valence-electron chi connectivity index (χ1n) is 4.12. The normalized spacial score (nSPS) is 9.93. The second-order valence-electron chi connectivity index (χ2n) is 2.84. The molecule has 0 radical (unpaired) electrons. The molecule has 0 unspecified atom stereocenters. The SMILES string of the molecule is N#Cc1c[nH]c(-c2c(F)cccc2F)n1. The van der Waals surface area contributed by atoms with E-state index in [-0.39, 0.29) is 17.1 Å². The molecule has 0 bridgehead atoms. The van der Waals surface area contributed by atoms with Crippen molar-refractivity contribution in [3.8, 4) is 17.5 Å². The predicted molar refractivity (Wildman–Crippen MR) is 48.7 cm³/mol. The van der Waals surface area contributed by atoms with Gasteiger partial charge in [-0.25, -0.2) is 13.8 Å². The highest BCUT2D eigenvalue weighted by molar-refractivity contribution is 5.57. The molecule has 3 nitrogen and oxygen atoms in total. The van der Waals surface area contributed by atoms with E-state index in [1.165, 1.54) is 12.3 Å². The Balaban J connectivity index is 2.59. The minimum absolute atomic E-state index is 0.0159. The van der Waals surface area contributed by atoms with Crippen LogP contribution in [0.25, 0.3) is 11.4 Å². The molecule has 0 saturated carbocycles. The summed E-state index contributed by atoms with van der Waals surface area (Å²) in [6.45, 7) is 0. The van der Waals surface area contributed by atoms with Gasteiger partial charge in [-0.15, -0.1) is 0 Å². The van der Waals surface area contributed by atoms with Gasteiger partial charge in [0, 0.05) is 6.20 Å². The third-order valence-electron chi connectivity index (χ3n) is 1.89.